The molecular formula is C13H17ClO3. The van der Waals surface area contributed by atoms with Crippen LogP contribution in [0.4, 0.5) is 0 Å². The highest BCUT2D eigenvalue weighted by molar-refractivity contribution is 6.30. The molecule has 3 nitrogen and oxygen atoms in total. The first-order valence-corrected chi connectivity index (χ1v) is 6.19. The number of hydrogen-bond acceptors (Lipinski definition) is 3. The Morgan fingerprint density at radius 2 is 2.35 bits per heavy atom. The van der Waals surface area contributed by atoms with Gasteiger partial charge in [-0.1, -0.05) is 11.6 Å². The summed E-state index contributed by atoms with van der Waals surface area (Å²) in [6, 6.07) is 3.82. The van der Waals surface area contributed by atoms with Gasteiger partial charge in [0.1, 0.15) is 5.75 Å². The van der Waals surface area contributed by atoms with Crippen LogP contribution < -0.4 is 4.74 Å². The van der Waals surface area contributed by atoms with Crippen molar-refractivity contribution in [2.45, 2.75) is 25.4 Å². The quantitative estimate of drug-likeness (QED) is 0.878. The molecule has 1 N–H and O–H groups in total. The summed E-state index contributed by atoms with van der Waals surface area (Å²) in [4.78, 5) is 0. The van der Waals surface area contributed by atoms with Crippen LogP contribution in [0.2, 0.25) is 5.02 Å². The third kappa shape index (κ3) is 3.12. The summed E-state index contributed by atoms with van der Waals surface area (Å²) in [6.45, 7) is 1.27. The van der Waals surface area contributed by atoms with Crippen LogP contribution in [0.1, 0.15) is 17.5 Å². The van der Waals surface area contributed by atoms with Gasteiger partial charge in [0.05, 0.1) is 12.7 Å². The van der Waals surface area contributed by atoms with E-state index >= 15 is 0 Å². The molecule has 1 heterocycles. The Hall–Kier alpha value is -0.770. The minimum Gasteiger partial charge on any atom is -0.493 e. The Kier molecular flexibility index (Phi) is 4.26. The van der Waals surface area contributed by atoms with Crippen molar-refractivity contribution < 1.29 is 14.6 Å². The minimum absolute atomic E-state index is 0.415. The number of aliphatic hydroxyl groups excluding tert-OH is 1. The Morgan fingerprint density at radius 3 is 3.12 bits per heavy atom. The number of rotatable bonds is 5. The fraction of sp³-hybridized carbons (Fsp3) is 0.538. The normalized spacial score (nSPS) is 15.5. The smallest absolute Gasteiger partial charge is 0.126 e. The van der Waals surface area contributed by atoms with Gasteiger partial charge in [0.2, 0.25) is 0 Å². The summed E-state index contributed by atoms with van der Waals surface area (Å²) in [5, 5.41) is 10.6. The van der Waals surface area contributed by atoms with E-state index in [1.165, 1.54) is 0 Å². The highest BCUT2D eigenvalue weighted by Crippen LogP contribution is 2.33. The fourth-order valence-electron chi connectivity index (χ4n) is 2.11. The Bertz CT molecular complexity index is 392. The molecule has 94 valence electrons. The standard InChI is InChI=1S/C13H17ClO3/c1-16-4-3-12(15)8-10-7-11(14)6-9-2-5-17-13(9)10/h6-7,12,15H,2-5,8H2,1H3. The third-order valence-corrected chi connectivity index (χ3v) is 3.15. The molecule has 1 aliphatic heterocycles. The molecule has 0 fully saturated rings. The van der Waals surface area contributed by atoms with Gasteiger partial charge in [-0.25, -0.2) is 0 Å². The lowest BCUT2D eigenvalue weighted by Gasteiger charge is -2.13. The molecule has 4 heteroatoms. The predicted molar refractivity (Wildman–Crippen MR) is 66.9 cm³/mol. The Morgan fingerprint density at radius 1 is 1.53 bits per heavy atom. The van der Waals surface area contributed by atoms with Crippen LogP contribution in [0, 0.1) is 0 Å². The highest BCUT2D eigenvalue weighted by atomic mass is 35.5. The van der Waals surface area contributed by atoms with E-state index in [0.717, 1.165) is 23.3 Å². The largest absolute Gasteiger partial charge is 0.493 e. The van der Waals surface area contributed by atoms with Gasteiger partial charge in [-0.15, -0.1) is 0 Å². The maximum Gasteiger partial charge on any atom is 0.126 e. The predicted octanol–water partition coefficient (Wildman–Crippen LogP) is 2.21. The number of aliphatic hydroxyl groups is 1. The van der Waals surface area contributed by atoms with E-state index < -0.39 is 6.10 Å². The van der Waals surface area contributed by atoms with Crippen LogP contribution in [0.5, 0.6) is 5.75 Å². The molecular weight excluding hydrogens is 240 g/mol. The summed E-state index contributed by atoms with van der Waals surface area (Å²) in [5.74, 6) is 0.908. The van der Waals surface area contributed by atoms with Crippen LogP contribution in [0.3, 0.4) is 0 Å². The van der Waals surface area contributed by atoms with Gasteiger partial charge in [0, 0.05) is 31.6 Å². The van der Waals surface area contributed by atoms with Gasteiger partial charge in [0.25, 0.3) is 0 Å². The van der Waals surface area contributed by atoms with Gasteiger partial charge in [0.15, 0.2) is 0 Å². The van der Waals surface area contributed by atoms with Gasteiger partial charge < -0.3 is 14.6 Å². The summed E-state index contributed by atoms with van der Waals surface area (Å²) in [7, 11) is 1.63. The second-order valence-electron chi connectivity index (χ2n) is 4.29. The summed E-state index contributed by atoms with van der Waals surface area (Å²) < 4.78 is 10.5. The maximum absolute atomic E-state index is 9.88. The Balaban J connectivity index is 2.10. The molecule has 0 spiro atoms. The van der Waals surface area contributed by atoms with E-state index in [4.69, 9.17) is 21.1 Å². The second-order valence-corrected chi connectivity index (χ2v) is 4.73. The molecule has 0 saturated heterocycles. The molecule has 1 aromatic carbocycles. The van der Waals surface area contributed by atoms with E-state index in [9.17, 15) is 5.11 Å². The second kappa shape index (κ2) is 5.71. The molecule has 0 aliphatic carbocycles. The van der Waals surface area contributed by atoms with Crippen LogP contribution >= 0.6 is 11.6 Å². The average Bonchev–Trinajstić information content (AvgIpc) is 2.74. The number of fused-ring (bicyclic) bond motifs is 1. The van der Waals surface area contributed by atoms with E-state index in [0.29, 0.717) is 31.1 Å². The first-order valence-electron chi connectivity index (χ1n) is 5.82. The lowest BCUT2D eigenvalue weighted by Crippen LogP contribution is -2.13. The van der Waals surface area contributed by atoms with E-state index in [1.807, 2.05) is 12.1 Å². The monoisotopic (exact) mass is 256 g/mol. The summed E-state index contributed by atoms with van der Waals surface area (Å²) >= 11 is 6.05. The lowest BCUT2D eigenvalue weighted by atomic mass is 10.0. The van der Waals surface area contributed by atoms with Crippen LogP contribution in [-0.2, 0) is 17.6 Å². The molecule has 0 bridgehead atoms. The van der Waals surface area contributed by atoms with Crippen molar-refractivity contribution in [2.75, 3.05) is 20.3 Å². The van der Waals surface area contributed by atoms with Crippen molar-refractivity contribution in [1.82, 2.24) is 0 Å². The van der Waals surface area contributed by atoms with Crippen LogP contribution in [0.15, 0.2) is 12.1 Å². The zero-order chi connectivity index (χ0) is 12.3. The number of halogens is 1. The van der Waals surface area contributed by atoms with Crippen molar-refractivity contribution in [3.05, 3.63) is 28.3 Å². The molecule has 1 atom stereocenters. The molecule has 1 unspecified atom stereocenters. The van der Waals surface area contributed by atoms with Gasteiger partial charge in [-0.05, 0) is 29.7 Å². The number of benzene rings is 1. The first kappa shape index (κ1) is 12.7. The molecule has 2 rings (SSSR count). The molecule has 0 aromatic heterocycles. The van der Waals surface area contributed by atoms with Crippen molar-refractivity contribution in [3.8, 4) is 5.75 Å². The Labute approximate surface area is 106 Å². The summed E-state index contributed by atoms with van der Waals surface area (Å²) in [5.41, 5.74) is 2.14. The van der Waals surface area contributed by atoms with Crippen molar-refractivity contribution >= 4 is 11.6 Å². The number of hydrogen-bond donors (Lipinski definition) is 1. The fourth-order valence-corrected chi connectivity index (χ4v) is 2.37. The van der Waals surface area contributed by atoms with Gasteiger partial charge >= 0.3 is 0 Å². The van der Waals surface area contributed by atoms with Crippen LogP contribution in [-0.4, -0.2) is 31.5 Å². The average molecular weight is 257 g/mol. The topological polar surface area (TPSA) is 38.7 Å². The molecule has 1 aliphatic rings. The molecule has 1 aromatic rings. The van der Waals surface area contributed by atoms with Crippen molar-refractivity contribution in [2.24, 2.45) is 0 Å². The van der Waals surface area contributed by atoms with E-state index in [1.54, 1.807) is 7.11 Å². The summed E-state index contributed by atoms with van der Waals surface area (Å²) in [6.07, 6.45) is 1.67. The lowest BCUT2D eigenvalue weighted by molar-refractivity contribution is 0.109. The molecule has 0 saturated carbocycles. The SMILES string of the molecule is COCCC(O)Cc1cc(Cl)cc2c1OCC2. The zero-order valence-electron chi connectivity index (χ0n) is 9.91. The molecule has 0 radical (unpaired) electrons. The number of ether oxygens (including phenoxy) is 2. The molecule has 0 amide bonds. The van der Waals surface area contributed by atoms with Crippen LogP contribution in [0.25, 0.3) is 0 Å². The zero-order valence-corrected chi connectivity index (χ0v) is 10.7. The van der Waals surface area contributed by atoms with Gasteiger partial charge in [-0.3, -0.25) is 0 Å². The maximum atomic E-state index is 9.88. The van der Waals surface area contributed by atoms with Crippen molar-refractivity contribution in [1.29, 1.82) is 0 Å². The van der Waals surface area contributed by atoms with E-state index in [2.05, 4.69) is 0 Å². The first-order chi connectivity index (χ1) is 8.20. The number of methoxy groups -OCH3 is 1. The van der Waals surface area contributed by atoms with Gasteiger partial charge in [-0.2, -0.15) is 0 Å². The third-order valence-electron chi connectivity index (χ3n) is 2.94. The molecule has 17 heavy (non-hydrogen) atoms. The van der Waals surface area contributed by atoms with Crippen molar-refractivity contribution in [3.63, 3.8) is 0 Å². The highest BCUT2D eigenvalue weighted by Gasteiger charge is 2.19. The minimum atomic E-state index is -0.415. The van der Waals surface area contributed by atoms with E-state index in [-0.39, 0.29) is 0 Å².